The number of oxime groups is 1. The van der Waals surface area contributed by atoms with E-state index in [9.17, 15) is 4.79 Å². The third-order valence-corrected chi connectivity index (χ3v) is 2.56. The summed E-state index contributed by atoms with van der Waals surface area (Å²) in [5.74, 6) is 0.487. The molecule has 0 aliphatic carbocycles. The highest BCUT2D eigenvalue weighted by Gasteiger charge is 2.17. The lowest BCUT2D eigenvalue weighted by atomic mass is 10.1. The van der Waals surface area contributed by atoms with Gasteiger partial charge in [0.15, 0.2) is 5.84 Å². The maximum absolute atomic E-state index is 12.0. The zero-order chi connectivity index (χ0) is 14.4. The zero-order valence-corrected chi connectivity index (χ0v) is 11.0. The largest absolute Gasteiger partial charge is 0.497 e. The van der Waals surface area contributed by atoms with Crippen molar-refractivity contribution in [1.29, 1.82) is 0 Å². The van der Waals surface area contributed by atoms with Crippen molar-refractivity contribution < 1.29 is 19.5 Å². The third kappa shape index (κ3) is 3.51. The Balaban J connectivity index is 2.93. The lowest BCUT2D eigenvalue weighted by molar-refractivity contribution is 0.0945. The van der Waals surface area contributed by atoms with Crippen molar-refractivity contribution in [2.75, 3.05) is 14.2 Å². The van der Waals surface area contributed by atoms with Crippen LogP contribution in [0.2, 0.25) is 0 Å². The number of rotatable bonds is 5. The summed E-state index contributed by atoms with van der Waals surface area (Å²) in [5.41, 5.74) is 5.73. The molecule has 7 heteroatoms. The van der Waals surface area contributed by atoms with Gasteiger partial charge in [0.2, 0.25) is 0 Å². The lowest BCUT2D eigenvalue weighted by Gasteiger charge is -2.14. The maximum atomic E-state index is 12.0. The highest BCUT2D eigenvalue weighted by Crippen LogP contribution is 2.24. The second kappa shape index (κ2) is 6.48. The van der Waals surface area contributed by atoms with E-state index in [4.69, 9.17) is 20.4 Å². The summed E-state index contributed by atoms with van der Waals surface area (Å²) in [7, 11) is 2.98. The van der Waals surface area contributed by atoms with E-state index in [1.165, 1.54) is 14.2 Å². The molecule has 0 spiro atoms. The Bertz CT molecular complexity index is 488. The van der Waals surface area contributed by atoms with Crippen LogP contribution in [0, 0.1) is 0 Å². The van der Waals surface area contributed by atoms with Gasteiger partial charge in [0.1, 0.15) is 11.5 Å². The molecule has 0 radical (unpaired) electrons. The fourth-order valence-electron chi connectivity index (χ4n) is 1.42. The first-order valence-electron chi connectivity index (χ1n) is 5.53. The Hall–Kier alpha value is -2.44. The smallest absolute Gasteiger partial charge is 0.255 e. The Morgan fingerprint density at radius 2 is 2.11 bits per heavy atom. The number of nitrogens with two attached hydrogens (primary N) is 1. The van der Waals surface area contributed by atoms with Gasteiger partial charge in [-0.15, -0.1) is 0 Å². The minimum atomic E-state index is -0.593. The summed E-state index contributed by atoms with van der Waals surface area (Å²) in [4.78, 5) is 12.0. The van der Waals surface area contributed by atoms with Gasteiger partial charge >= 0.3 is 0 Å². The number of ether oxygens (including phenoxy) is 2. The minimum absolute atomic E-state index is 0.0826. The second-order valence-corrected chi connectivity index (χ2v) is 3.79. The molecule has 104 valence electrons. The molecule has 0 aliphatic heterocycles. The molecule has 0 bridgehead atoms. The molecule has 7 nitrogen and oxygen atoms in total. The highest BCUT2D eigenvalue weighted by molar-refractivity contribution is 6.00. The number of amidine groups is 1. The van der Waals surface area contributed by atoms with E-state index < -0.39 is 11.9 Å². The fourth-order valence-corrected chi connectivity index (χ4v) is 1.42. The predicted octanol–water partition coefficient (Wildman–Crippen LogP) is 0.569. The minimum Gasteiger partial charge on any atom is -0.497 e. The first kappa shape index (κ1) is 14.6. The van der Waals surface area contributed by atoms with Crippen molar-refractivity contribution in [3.05, 3.63) is 23.8 Å². The summed E-state index contributed by atoms with van der Waals surface area (Å²) >= 11 is 0. The van der Waals surface area contributed by atoms with Gasteiger partial charge in [-0.1, -0.05) is 5.16 Å². The average molecular weight is 267 g/mol. The number of carbonyl (C=O) groups is 1. The standard InChI is InChI=1S/C12H17N3O4/c1-7(11(13)15-17)14-12(16)9-5-4-8(18-2)6-10(9)19-3/h4-7,17H,1-3H3,(H2,13,15)(H,14,16). The maximum Gasteiger partial charge on any atom is 0.255 e. The molecule has 19 heavy (non-hydrogen) atoms. The van der Waals surface area contributed by atoms with Crippen molar-refractivity contribution in [3.63, 3.8) is 0 Å². The van der Waals surface area contributed by atoms with Crippen LogP contribution in [0.3, 0.4) is 0 Å². The number of benzene rings is 1. The number of methoxy groups -OCH3 is 2. The third-order valence-electron chi connectivity index (χ3n) is 2.56. The fraction of sp³-hybridized carbons (Fsp3) is 0.333. The van der Waals surface area contributed by atoms with Crippen LogP contribution >= 0.6 is 0 Å². The van der Waals surface area contributed by atoms with Gasteiger partial charge < -0.3 is 25.7 Å². The summed E-state index contributed by atoms with van der Waals surface area (Å²) in [5, 5.41) is 13.9. The summed E-state index contributed by atoms with van der Waals surface area (Å²) in [6.45, 7) is 1.60. The van der Waals surface area contributed by atoms with Crippen molar-refractivity contribution >= 4 is 11.7 Å². The van der Waals surface area contributed by atoms with Crippen molar-refractivity contribution in [2.24, 2.45) is 10.9 Å². The number of nitrogens with zero attached hydrogens (tertiary/aromatic N) is 1. The van der Waals surface area contributed by atoms with E-state index in [0.717, 1.165) is 0 Å². The van der Waals surface area contributed by atoms with Crippen molar-refractivity contribution in [3.8, 4) is 11.5 Å². The number of amides is 1. The number of nitrogens with one attached hydrogen (secondary N) is 1. The van der Waals surface area contributed by atoms with Gasteiger partial charge in [0, 0.05) is 6.07 Å². The SMILES string of the molecule is COc1ccc(C(=O)NC(C)/C(N)=N/O)c(OC)c1. The molecule has 0 aromatic heterocycles. The van der Waals surface area contributed by atoms with Crippen LogP contribution in [0.5, 0.6) is 11.5 Å². The van der Waals surface area contributed by atoms with Gasteiger partial charge in [-0.3, -0.25) is 4.79 Å². The molecular formula is C12H17N3O4. The monoisotopic (exact) mass is 267 g/mol. The molecule has 0 fully saturated rings. The van der Waals surface area contributed by atoms with Crippen LogP contribution in [-0.2, 0) is 0 Å². The lowest BCUT2D eigenvalue weighted by Crippen LogP contribution is -2.42. The molecule has 1 rings (SSSR count). The van der Waals surface area contributed by atoms with Crippen LogP contribution in [-0.4, -0.2) is 37.2 Å². The van der Waals surface area contributed by atoms with Gasteiger partial charge in [-0.25, -0.2) is 0 Å². The second-order valence-electron chi connectivity index (χ2n) is 3.79. The molecule has 4 N–H and O–H groups in total. The Labute approximate surface area is 111 Å². The normalized spacial score (nSPS) is 12.7. The summed E-state index contributed by atoms with van der Waals surface area (Å²) in [6.07, 6.45) is 0. The van der Waals surface area contributed by atoms with Crippen LogP contribution in [0.1, 0.15) is 17.3 Å². The molecule has 0 heterocycles. The van der Waals surface area contributed by atoms with Gasteiger partial charge in [-0.05, 0) is 19.1 Å². The quantitative estimate of drug-likeness (QED) is 0.313. The molecule has 0 saturated carbocycles. The van der Waals surface area contributed by atoms with E-state index in [-0.39, 0.29) is 5.84 Å². The van der Waals surface area contributed by atoms with Gasteiger partial charge in [0.25, 0.3) is 5.91 Å². The van der Waals surface area contributed by atoms with Crippen molar-refractivity contribution in [2.45, 2.75) is 13.0 Å². The molecule has 1 atom stereocenters. The molecule has 1 amide bonds. The van der Waals surface area contributed by atoms with Crippen LogP contribution in [0.25, 0.3) is 0 Å². The van der Waals surface area contributed by atoms with E-state index in [2.05, 4.69) is 10.5 Å². The van der Waals surface area contributed by atoms with E-state index >= 15 is 0 Å². The molecule has 1 unspecified atom stereocenters. The number of hydrogen-bond acceptors (Lipinski definition) is 5. The summed E-state index contributed by atoms with van der Waals surface area (Å²) in [6, 6.07) is 4.23. The molecule has 1 aromatic carbocycles. The average Bonchev–Trinajstić information content (AvgIpc) is 2.45. The highest BCUT2D eigenvalue weighted by atomic mass is 16.5. The summed E-state index contributed by atoms with van der Waals surface area (Å²) < 4.78 is 10.2. The number of hydrogen-bond donors (Lipinski definition) is 3. The predicted molar refractivity (Wildman–Crippen MR) is 69.9 cm³/mol. The van der Waals surface area contributed by atoms with Gasteiger partial charge in [-0.2, -0.15) is 0 Å². The first-order valence-corrected chi connectivity index (χ1v) is 5.53. The van der Waals surface area contributed by atoms with Crippen LogP contribution in [0.15, 0.2) is 23.4 Å². The Morgan fingerprint density at radius 1 is 1.42 bits per heavy atom. The molecule has 0 aliphatic rings. The molecule has 1 aromatic rings. The van der Waals surface area contributed by atoms with E-state index in [0.29, 0.717) is 17.1 Å². The molecule has 0 saturated heterocycles. The topological polar surface area (TPSA) is 106 Å². The van der Waals surface area contributed by atoms with E-state index in [1.807, 2.05) is 0 Å². The first-order chi connectivity index (χ1) is 9.03. The van der Waals surface area contributed by atoms with Crippen LogP contribution in [0.4, 0.5) is 0 Å². The Kier molecular flexibility index (Phi) is 4.99. The van der Waals surface area contributed by atoms with Gasteiger partial charge in [0.05, 0.1) is 25.8 Å². The zero-order valence-electron chi connectivity index (χ0n) is 11.0. The number of carbonyl (C=O) groups excluding carboxylic acids is 1. The van der Waals surface area contributed by atoms with E-state index in [1.54, 1.807) is 25.1 Å². The molecular weight excluding hydrogens is 250 g/mol. The van der Waals surface area contributed by atoms with Crippen molar-refractivity contribution in [1.82, 2.24) is 5.32 Å². The van der Waals surface area contributed by atoms with Crippen LogP contribution < -0.4 is 20.5 Å². The Morgan fingerprint density at radius 3 is 2.63 bits per heavy atom.